The summed E-state index contributed by atoms with van der Waals surface area (Å²) in [5.74, 6) is -0.338. The highest BCUT2D eigenvalue weighted by molar-refractivity contribution is 6.38. The number of hydrogen-bond acceptors (Lipinski definition) is 5. The zero-order valence-corrected chi connectivity index (χ0v) is 18.1. The molecule has 0 saturated heterocycles. The number of nitrogens with one attached hydrogen (secondary N) is 1. The van der Waals surface area contributed by atoms with E-state index >= 15 is 0 Å². The Balaban J connectivity index is 1.60. The predicted molar refractivity (Wildman–Crippen MR) is 124 cm³/mol. The van der Waals surface area contributed by atoms with Crippen molar-refractivity contribution in [1.29, 1.82) is 0 Å². The average Bonchev–Trinajstić information content (AvgIpc) is 3.55. The fraction of sp³-hybridized carbons (Fsp3) is 0.200. The molecule has 0 unspecified atom stereocenters. The van der Waals surface area contributed by atoms with Crippen molar-refractivity contribution in [2.75, 3.05) is 19.0 Å². The molecular weight excluding hydrogens is 428 g/mol. The summed E-state index contributed by atoms with van der Waals surface area (Å²) >= 11 is 6.55. The van der Waals surface area contributed by atoms with E-state index in [-0.39, 0.29) is 29.0 Å². The monoisotopic (exact) mass is 448 g/mol. The third-order valence-electron chi connectivity index (χ3n) is 6.27. The van der Waals surface area contributed by atoms with E-state index in [1.165, 1.54) is 13.3 Å². The van der Waals surface area contributed by atoms with Gasteiger partial charge in [-0.2, -0.15) is 0 Å². The molecule has 7 heteroatoms. The van der Waals surface area contributed by atoms with E-state index in [4.69, 9.17) is 16.3 Å². The number of benzene rings is 2. The summed E-state index contributed by atoms with van der Waals surface area (Å²) in [5.41, 5.74) is 3.98. The first-order valence-corrected chi connectivity index (χ1v) is 10.6. The molecule has 0 radical (unpaired) electrons. The molecule has 0 atom stereocenters. The maximum atomic E-state index is 12.7. The number of pyridine rings is 1. The Bertz CT molecular complexity index is 1260. The minimum Gasteiger partial charge on any atom is -0.505 e. The number of aromatic nitrogens is 1. The van der Waals surface area contributed by atoms with E-state index in [2.05, 4.69) is 10.3 Å². The van der Waals surface area contributed by atoms with Crippen molar-refractivity contribution in [3.63, 3.8) is 0 Å². The molecule has 1 amide bonds. The van der Waals surface area contributed by atoms with Crippen molar-refractivity contribution in [3.05, 3.63) is 76.6 Å². The van der Waals surface area contributed by atoms with Gasteiger partial charge >= 0.3 is 0 Å². The normalized spacial score (nSPS) is 17.5. The number of aliphatic hydroxyl groups excluding tert-OH is 2. The zero-order chi connectivity index (χ0) is 22.5. The van der Waals surface area contributed by atoms with Gasteiger partial charge in [-0.15, -0.1) is 0 Å². The number of aliphatic hydroxyl groups is 2. The lowest BCUT2D eigenvalue weighted by atomic mass is 9.93. The zero-order valence-electron chi connectivity index (χ0n) is 17.4. The lowest BCUT2D eigenvalue weighted by molar-refractivity contribution is -0.110. The number of anilines is 1. The van der Waals surface area contributed by atoms with Gasteiger partial charge in [-0.1, -0.05) is 35.9 Å². The van der Waals surface area contributed by atoms with Crippen LogP contribution in [-0.4, -0.2) is 34.8 Å². The van der Waals surface area contributed by atoms with Crippen molar-refractivity contribution >= 4 is 34.5 Å². The fourth-order valence-corrected chi connectivity index (χ4v) is 4.46. The van der Waals surface area contributed by atoms with Gasteiger partial charge < -0.3 is 20.3 Å². The van der Waals surface area contributed by atoms with Crippen LogP contribution in [0.1, 0.15) is 29.7 Å². The van der Waals surface area contributed by atoms with Gasteiger partial charge in [-0.3, -0.25) is 4.79 Å². The van der Waals surface area contributed by atoms with Gasteiger partial charge in [-0.05, 0) is 48.2 Å². The molecule has 6 nitrogen and oxygen atoms in total. The highest BCUT2D eigenvalue weighted by Crippen LogP contribution is 2.48. The molecular formula is C25H21ClN2O4. The minimum atomic E-state index is -0.438. The summed E-state index contributed by atoms with van der Waals surface area (Å²) in [6.07, 6.45) is 3.50. The first-order valence-electron chi connectivity index (χ1n) is 10.3. The average molecular weight is 449 g/mol. The van der Waals surface area contributed by atoms with Crippen molar-refractivity contribution in [2.24, 2.45) is 0 Å². The second kappa shape index (κ2) is 7.65. The van der Waals surface area contributed by atoms with Gasteiger partial charge in [0, 0.05) is 22.7 Å². The van der Waals surface area contributed by atoms with Gasteiger partial charge in [0.25, 0.3) is 5.91 Å². The molecule has 1 aliphatic heterocycles. The molecule has 3 N–H and O–H groups in total. The molecule has 3 aromatic rings. The number of hydrogen-bond donors (Lipinski definition) is 3. The maximum absolute atomic E-state index is 12.7. The van der Waals surface area contributed by atoms with Crippen LogP contribution in [0.4, 0.5) is 5.69 Å². The SMILES string of the molecule is COc1cccnc1C(O)=C1C(=O)Nc2cc(Cl)c(-c3ccc(C4(CO)CC4)cc3)cc21. The van der Waals surface area contributed by atoms with E-state index in [1.54, 1.807) is 24.3 Å². The van der Waals surface area contributed by atoms with Gasteiger partial charge in [0.2, 0.25) is 0 Å². The van der Waals surface area contributed by atoms with Crippen LogP contribution in [0.2, 0.25) is 5.02 Å². The van der Waals surface area contributed by atoms with Crippen LogP contribution >= 0.6 is 11.6 Å². The third-order valence-corrected chi connectivity index (χ3v) is 6.58. The summed E-state index contributed by atoms with van der Waals surface area (Å²) in [6, 6.07) is 14.8. The van der Waals surface area contributed by atoms with Crippen LogP contribution in [0.5, 0.6) is 5.75 Å². The molecule has 1 fully saturated rings. The molecule has 162 valence electrons. The Kier molecular flexibility index (Phi) is 4.92. The second-order valence-electron chi connectivity index (χ2n) is 8.13. The van der Waals surface area contributed by atoms with Crippen LogP contribution in [0.25, 0.3) is 22.5 Å². The first-order chi connectivity index (χ1) is 15.5. The molecule has 32 heavy (non-hydrogen) atoms. The summed E-state index contributed by atoms with van der Waals surface area (Å²) in [7, 11) is 1.48. The maximum Gasteiger partial charge on any atom is 0.260 e. The van der Waals surface area contributed by atoms with Crippen molar-refractivity contribution in [2.45, 2.75) is 18.3 Å². The van der Waals surface area contributed by atoms with Crippen LogP contribution in [0, 0.1) is 0 Å². The smallest absolute Gasteiger partial charge is 0.260 e. The lowest BCUT2D eigenvalue weighted by Crippen LogP contribution is -2.11. The van der Waals surface area contributed by atoms with Crippen molar-refractivity contribution in [3.8, 4) is 16.9 Å². The number of halogens is 1. The van der Waals surface area contributed by atoms with E-state index in [9.17, 15) is 15.0 Å². The van der Waals surface area contributed by atoms with Gasteiger partial charge in [0.15, 0.2) is 5.76 Å². The van der Waals surface area contributed by atoms with Gasteiger partial charge in [0.05, 0.1) is 30.0 Å². The quantitative estimate of drug-likeness (QED) is 0.384. The molecule has 1 aromatic heterocycles. The number of carbonyl (C=O) groups is 1. The number of carbonyl (C=O) groups excluding carboxylic acids is 1. The molecule has 0 bridgehead atoms. The molecule has 2 aliphatic rings. The Morgan fingerprint density at radius 3 is 2.59 bits per heavy atom. The summed E-state index contributed by atoms with van der Waals surface area (Å²) in [4.78, 5) is 16.9. The largest absolute Gasteiger partial charge is 0.505 e. The highest BCUT2D eigenvalue weighted by atomic mass is 35.5. The highest BCUT2D eigenvalue weighted by Gasteiger charge is 2.43. The third kappa shape index (κ3) is 3.23. The minimum absolute atomic E-state index is 0.111. The molecule has 0 spiro atoms. The van der Waals surface area contributed by atoms with E-state index in [0.29, 0.717) is 22.0 Å². The number of fused-ring (bicyclic) bond motifs is 1. The van der Waals surface area contributed by atoms with Crippen LogP contribution in [0.15, 0.2) is 54.7 Å². The molecule has 2 aromatic carbocycles. The van der Waals surface area contributed by atoms with Crippen LogP contribution in [0.3, 0.4) is 0 Å². The molecule has 1 aliphatic carbocycles. The number of rotatable bonds is 5. The number of amides is 1. The van der Waals surface area contributed by atoms with E-state index < -0.39 is 5.91 Å². The Labute approximate surface area is 190 Å². The molecule has 1 saturated carbocycles. The van der Waals surface area contributed by atoms with E-state index in [1.807, 2.05) is 24.3 Å². The van der Waals surface area contributed by atoms with Crippen molar-refractivity contribution in [1.82, 2.24) is 4.98 Å². The Morgan fingerprint density at radius 2 is 1.94 bits per heavy atom. The van der Waals surface area contributed by atoms with Crippen molar-refractivity contribution < 1.29 is 19.7 Å². The number of methoxy groups -OCH3 is 1. The lowest BCUT2D eigenvalue weighted by Gasteiger charge is -2.14. The topological polar surface area (TPSA) is 91.7 Å². The molecule has 5 rings (SSSR count). The Morgan fingerprint density at radius 1 is 1.19 bits per heavy atom. The second-order valence-corrected chi connectivity index (χ2v) is 8.53. The number of nitrogens with zero attached hydrogens (tertiary/aromatic N) is 1. The molecule has 2 heterocycles. The van der Waals surface area contributed by atoms with Crippen LogP contribution in [-0.2, 0) is 10.2 Å². The predicted octanol–water partition coefficient (Wildman–Crippen LogP) is 4.81. The van der Waals surface area contributed by atoms with Gasteiger partial charge in [-0.25, -0.2) is 4.98 Å². The fourth-order valence-electron chi connectivity index (χ4n) is 4.19. The Hall–Kier alpha value is -3.35. The van der Waals surface area contributed by atoms with Gasteiger partial charge in [0.1, 0.15) is 11.4 Å². The summed E-state index contributed by atoms with van der Waals surface area (Å²) < 4.78 is 5.29. The van der Waals surface area contributed by atoms with Crippen LogP contribution < -0.4 is 10.1 Å². The summed E-state index contributed by atoms with van der Waals surface area (Å²) in [6.45, 7) is 0.143. The summed E-state index contributed by atoms with van der Waals surface area (Å²) in [5, 5.41) is 23.9. The van der Waals surface area contributed by atoms with E-state index in [0.717, 1.165) is 29.5 Å². The first kappa shape index (κ1) is 20.5. The number of ether oxygens (including phenoxy) is 1. The standard InChI is InChI=1S/C25H21ClN2O4/c1-32-20-3-2-10-27-22(20)23(30)21-17-11-16(18(26)12-19(17)28-24(21)31)14-4-6-15(7-5-14)25(13-29)8-9-25/h2-7,10-12,29-30H,8-9,13H2,1H3,(H,28,31).